The predicted molar refractivity (Wildman–Crippen MR) is 111 cm³/mol. The molecular weight excluding hydrogens is 356 g/mol. The van der Waals surface area contributed by atoms with Gasteiger partial charge in [0.2, 0.25) is 0 Å². The van der Waals surface area contributed by atoms with Gasteiger partial charge < -0.3 is 24.8 Å². The summed E-state index contributed by atoms with van der Waals surface area (Å²) in [6.45, 7) is 11.5. The summed E-state index contributed by atoms with van der Waals surface area (Å²) in [5, 5.41) is 6.86. The van der Waals surface area contributed by atoms with Crippen molar-refractivity contribution < 1.29 is 14.2 Å². The fourth-order valence-corrected chi connectivity index (χ4v) is 3.79. The molecule has 0 aromatic heterocycles. The summed E-state index contributed by atoms with van der Waals surface area (Å²) >= 11 is 0. The van der Waals surface area contributed by atoms with Crippen LogP contribution in [0, 0.1) is 0 Å². The summed E-state index contributed by atoms with van der Waals surface area (Å²) in [6, 6.07) is 4.17. The molecule has 1 aromatic rings. The standard InChI is InChI=1S/C21H34N4O3/c1-15-10-16-11-18(26-5)17(12-19(16)28-15)13-23-20(22-4)24-14-21(2,3)25-6-8-27-9-7-25/h11-12,15H,6-10,13-14H2,1-5H3,(H2,22,23,24). The Morgan fingerprint density at radius 1 is 1.29 bits per heavy atom. The first-order valence-electron chi connectivity index (χ1n) is 10.1. The van der Waals surface area contributed by atoms with E-state index in [1.54, 1.807) is 14.2 Å². The molecule has 0 spiro atoms. The molecule has 1 fully saturated rings. The summed E-state index contributed by atoms with van der Waals surface area (Å²) in [6.07, 6.45) is 1.15. The summed E-state index contributed by atoms with van der Waals surface area (Å²) in [5.41, 5.74) is 2.30. The summed E-state index contributed by atoms with van der Waals surface area (Å²) in [7, 11) is 3.50. The Bertz CT molecular complexity index is 699. The minimum atomic E-state index is 0.0244. The maximum Gasteiger partial charge on any atom is 0.191 e. The molecule has 7 heteroatoms. The monoisotopic (exact) mass is 390 g/mol. The van der Waals surface area contributed by atoms with Crippen LogP contribution in [0.2, 0.25) is 0 Å². The first-order valence-corrected chi connectivity index (χ1v) is 10.1. The van der Waals surface area contributed by atoms with E-state index in [-0.39, 0.29) is 11.6 Å². The molecule has 1 atom stereocenters. The highest BCUT2D eigenvalue weighted by molar-refractivity contribution is 5.79. The second-order valence-electron chi connectivity index (χ2n) is 8.10. The van der Waals surface area contributed by atoms with E-state index >= 15 is 0 Å². The number of hydrogen-bond acceptors (Lipinski definition) is 5. The maximum absolute atomic E-state index is 5.89. The van der Waals surface area contributed by atoms with E-state index in [0.717, 1.165) is 62.3 Å². The van der Waals surface area contributed by atoms with Gasteiger partial charge in [0, 0.05) is 56.3 Å². The van der Waals surface area contributed by atoms with Gasteiger partial charge in [0.1, 0.15) is 17.6 Å². The van der Waals surface area contributed by atoms with Crippen LogP contribution in [0.5, 0.6) is 11.5 Å². The highest BCUT2D eigenvalue weighted by Gasteiger charge is 2.28. The molecule has 2 aliphatic heterocycles. The Kier molecular flexibility index (Phi) is 6.67. The Morgan fingerprint density at radius 2 is 2.04 bits per heavy atom. The summed E-state index contributed by atoms with van der Waals surface area (Å²) < 4.78 is 17.0. The Hall–Kier alpha value is -1.99. The fourth-order valence-electron chi connectivity index (χ4n) is 3.79. The zero-order valence-corrected chi connectivity index (χ0v) is 17.8. The number of hydrogen-bond donors (Lipinski definition) is 2. The van der Waals surface area contributed by atoms with Crippen molar-refractivity contribution in [2.45, 2.75) is 45.4 Å². The predicted octanol–water partition coefficient (Wildman–Crippen LogP) is 1.79. The van der Waals surface area contributed by atoms with Gasteiger partial charge in [-0.25, -0.2) is 0 Å². The molecule has 28 heavy (non-hydrogen) atoms. The number of ether oxygens (including phenoxy) is 3. The van der Waals surface area contributed by atoms with Crippen LogP contribution in [0.3, 0.4) is 0 Å². The van der Waals surface area contributed by atoms with Crippen LogP contribution in [0.25, 0.3) is 0 Å². The quantitative estimate of drug-likeness (QED) is 0.570. The van der Waals surface area contributed by atoms with Gasteiger partial charge in [-0.2, -0.15) is 0 Å². The van der Waals surface area contributed by atoms with Gasteiger partial charge in [-0.3, -0.25) is 9.89 Å². The largest absolute Gasteiger partial charge is 0.496 e. The number of benzene rings is 1. The number of aliphatic imine (C=N–C) groups is 1. The molecule has 3 rings (SSSR count). The number of nitrogens with one attached hydrogen (secondary N) is 2. The van der Waals surface area contributed by atoms with E-state index in [2.05, 4.69) is 53.4 Å². The Morgan fingerprint density at radius 3 is 2.71 bits per heavy atom. The Labute approximate surface area is 168 Å². The lowest BCUT2D eigenvalue weighted by Crippen LogP contribution is -2.56. The van der Waals surface area contributed by atoms with Gasteiger partial charge in [0.15, 0.2) is 5.96 Å². The minimum absolute atomic E-state index is 0.0244. The third kappa shape index (κ3) is 4.89. The van der Waals surface area contributed by atoms with Crippen molar-refractivity contribution in [2.24, 2.45) is 4.99 Å². The molecule has 0 saturated carbocycles. The van der Waals surface area contributed by atoms with Crippen LogP contribution >= 0.6 is 0 Å². The zero-order valence-electron chi connectivity index (χ0n) is 17.8. The van der Waals surface area contributed by atoms with Crippen LogP contribution in [0.1, 0.15) is 31.9 Å². The molecule has 2 N–H and O–H groups in total. The first-order chi connectivity index (χ1) is 13.4. The van der Waals surface area contributed by atoms with Crippen molar-refractivity contribution in [3.05, 3.63) is 23.3 Å². The third-order valence-corrected chi connectivity index (χ3v) is 5.52. The van der Waals surface area contributed by atoms with Crippen LogP contribution < -0.4 is 20.1 Å². The number of guanidine groups is 1. The average molecular weight is 391 g/mol. The molecule has 156 valence electrons. The van der Waals surface area contributed by atoms with Gasteiger partial charge in [-0.15, -0.1) is 0 Å². The zero-order chi connectivity index (χ0) is 20.1. The van der Waals surface area contributed by atoms with Crippen molar-refractivity contribution in [1.82, 2.24) is 15.5 Å². The molecule has 1 saturated heterocycles. The molecule has 0 radical (unpaired) electrons. The number of rotatable bonds is 6. The molecule has 0 bridgehead atoms. The number of nitrogens with zero attached hydrogens (tertiary/aromatic N) is 2. The number of fused-ring (bicyclic) bond motifs is 1. The van der Waals surface area contributed by atoms with Crippen LogP contribution in [-0.4, -0.2) is 69.5 Å². The lowest BCUT2D eigenvalue weighted by atomic mass is 10.0. The van der Waals surface area contributed by atoms with Gasteiger partial charge >= 0.3 is 0 Å². The highest BCUT2D eigenvalue weighted by Crippen LogP contribution is 2.34. The topological polar surface area (TPSA) is 67.4 Å². The van der Waals surface area contributed by atoms with E-state index in [4.69, 9.17) is 14.2 Å². The van der Waals surface area contributed by atoms with Gasteiger partial charge in [0.25, 0.3) is 0 Å². The molecule has 1 unspecified atom stereocenters. The maximum atomic E-state index is 5.89. The van der Waals surface area contributed by atoms with Gasteiger partial charge in [-0.1, -0.05) is 0 Å². The van der Waals surface area contributed by atoms with E-state index in [0.29, 0.717) is 6.54 Å². The Balaban J connectivity index is 1.58. The van der Waals surface area contributed by atoms with Gasteiger partial charge in [0.05, 0.1) is 20.3 Å². The van der Waals surface area contributed by atoms with Crippen LogP contribution in [-0.2, 0) is 17.7 Å². The molecule has 2 heterocycles. The van der Waals surface area contributed by atoms with Crippen LogP contribution in [0.15, 0.2) is 17.1 Å². The molecule has 1 aromatic carbocycles. The summed E-state index contributed by atoms with van der Waals surface area (Å²) in [4.78, 5) is 6.83. The van der Waals surface area contributed by atoms with E-state index in [9.17, 15) is 0 Å². The van der Waals surface area contributed by atoms with Crippen LogP contribution in [0.4, 0.5) is 0 Å². The number of methoxy groups -OCH3 is 1. The smallest absolute Gasteiger partial charge is 0.191 e. The average Bonchev–Trinajstić information content (AvgIpc) is 3.06. The van der Waals surface area contributed by atoms with E-state index < -0.39 is 0 Å². The lowest BCUT2D eigenvalue weighted by molar-refractivity contribution is -0.00834. The molecule has 7 nitrogen and oxygen atoms in total. The van der Waals surface area contributed by atoms with Crippen molar-refractivity contribution in [1.29, 1.82) is 0 Å². The fraction of sp³-hybridized carbons (Fsp3) is 0.667. The van der Waals surface area contributed by atoms with E-state index in [1.165, 1.54) is 5.56 Å². The first kappa shape index (κ1) is 20.7. The van der Waals surface area contributed by atoms with Crippen molar-refractivity contribution in [3.8, 4) is 11.5 Å². The number of morpholine rings is 1. The second kappa shape index (κ2) is 9.01. The molecule has 0 amide bonds. The van der Waals surface area contributed by atoms with Crippen molar-refractivity contribution >= 4 is 5.96 Å². The normalized spacial score (nSPS) is 20.5. The summed E-state index contributed by atoms with van der Waals surface area (Å²) in [5.74, 6) is 2.62. The molecule has 0 aliphatic carbocycles. The van der Waals surface area contributed by atoms with E-state index in [1.807, 2.05) is 0 Å². The van der Waals surface area contributed by atoms with Crippen molar-refractivity contribution in [3.63, 3.8) is 0 Å². The third-order valence-electron chi connectivity index (χ3n) is 5.52. The minimum Gasteiger partial charge on any atom is -0.496 e. The molecule has 2 aliphatic rings. The SMILES string of the molecule is CN=C(NCc1cc2c(cc1OC)CC(C)O2)NCC(C)(C)N1CCOCC1. The lowest BCUT2D eigenvalue weighted by Gasteiger charge is -2.41. The van der Waals surface area contributed by atoms with Crippen molar-refractivity contribution in [2.75, 3.05) is 47.0 Å². The highest BCUT2D eigenvalue weighted by atomic mass is 16.5. The van der Waals surface area contributed by atoms with Gasteiger partial charge in [-0.05, 0) is 32.9 Å². The molecular formula is C21H34N4O3. The second-order valence-corrected chi connectivity index (χ2v) is 8.10.